The van der Waals surface area contributed by atoms with Crippen molar-refractivity contribution < 1.29 is 26.8 Å². The molecule has 0 aromatic heterocycles. The van der Waals surface area contributed by atoms with Gasteiger partial charge in [0.25, 0.3) is 28.3 Å². The molecular formula is C17H19F2N3O4S. The van der Waals surface area contributed by atoms with Crippen LogP contribution in [0.1, 0.15) is 34.1 Å². The van der Waals surface area contributed by atoms with Gasteiger partial charge in [0.1, 0.15) is 4.90 Å². The molecule has 1 aromatic rings. The molecule has 2 bridgehead atoms. The molecule has 0 N–H and O–H groups in total. The third-order valence-electron chi connectivity index (χ3n) is 5.53. The van der Waals surface area contributed by atoms with E-state index >= 15 is 0 Å². The summed E-state index contributed by atoms with van der Waals surface area (Å²) in [6, 6.07) is 3.83. The van der Waals surface area contributed by atoms with Crippen LogP contribution in [0.15, 0.2) is 23.1 Å². The number of sulfonamides is 1. The molecule has 0 radical (unpaired) electrons. The monoisotopic (exact) mass is 399 g/mol. The van der Waals surface area contributed by atoms with Gasteiger partial charge in [0.2, 0.25) is 0 Å². The molecule has 0 unspecified atom stereocenters. The van der Waals surface area contributed by atoms with Crippen molar-refractivity contribution in [1.29, 1.82) is 0 Å². The van der Waals surface area contributed by atoms with Gasteiger partial charge in [-0.2, -0.15) is 0 Å². The van der Waals surface area contributed by atoms with Crippen molar-refractivity contribution in [3.8, 4) is 0 Å². The molecular weight excluding hydrogens is 380 g/mol. The lowest BCUT2D eigenvalue weighted by Crippen LogP contribution is -2.49. The van der Waals surface area contributed by atoms with Gasteiger partial charge < -0.3 is 4.90 Å². The van der Waals surface area contributed by atoms with Gasteiger partial charge in [-0.05, 0) is 31.5 Å². The van der Waals surface area contributed by atoms with Crippen molar-refractivity contribution in [2.45, 2.75) is 36.7 Å². The molecule has 146 valence electrons. The van der Waals surface area contributed by atoms with Gasteiger partial charge in [0.05, 0.1) is 12.1 Å². The third kappa shape index (κ3) is 2.73. The van der Waals surface area contributed by atoms with Crippen LogP contribution in [-0.2, 0) is 10.0 Å². The normalized spacial score (nSPS) is 26.3. The molecule has 3 aliphatic rings. The average molecular weight is 399 g/mol. The lowest BCUT2D eigenvalue weighted by atomic mass is 10.1. The Morgan fingerprint density at radius 3 is 2.59 bits per heavy atom. The largest absolute Gasteiger partial charge is 0.333 e. The van der Waals surface area contributed by atoms with Gasteiger partial charge in [0.15, 0.2) is 0 Å². The SMILES string of the molecule is CCN1C(=O)c2ccc(C(=O)N3C[C@@H]4C[C@H]3CN4CC(F)F)cc2S1(=O)=O. The summed E-state index contributed by atoms with van der Waals surface area (Å²) in [5, 5.41) is 0. The van der Waals surface area contributed by atoms with Crippen molar-refractivity contribution in [3.63, 3.8) is 0 Å². The van der Waals surface area contributed by atoms with E-state index in [1.165, 1.54) is 18.2 Å². The number of piperazine rings is 1. The van der Waals surface area contributed by atoms with Crippen molar-refractivity contribution >= 4 is 21.8 Å². The van der Waals surface area contributed by atoms with E-state index in [-0.39, 0.29) is 47.1 Å². The van der Waals surface area contributed by atoms with Crippen LogP contribution in [-0.4, -0.2) is 79.0 Å². The maximum Gasteiger partial charge on any atom is 0.268 e. The molecule has 0 saturated carbocycles. The number of carbonyl (C=O) groups is 2. The number of amides is 2. The minimum absolute atomic E-state index is 0.0228. The summed E-state index contributed by atoms with van der Waals surface area (Å²) in [4.78, 5) is 28.2. The molecule has 4 rings (SSSR count). The molecule has 10 heteroatoms. The second-order valence-corrected chi connectivity index (χ2v) is 8.86. The second-order valence-electron chi connectivity index (χ2n) is 7.03. The number of halogens is 2. The van der Waals surface area contributed by atoms with E-state index in [9.17, 15) is 26.8 Å². The van der Waals surface area contributed by atoms with E-state index in [1.54, 1.807) is 16.7 Å². The molecule has 0 spiro atoms. The summed E-state index contributed by atoms with van der Waals surface area (Å²) in [7, 11) is -3.94. The number of alkyl halides is 2. The van der Waals surface area contributed by atoms with E-state index in [0.717, 1.165) is 4.31 Å². The number of hydrogen-bond acceptors (Lipinski definition) is 5. The Morgan fingerprint density at radius 2 is 2.00 bits per heavy atom. The molecule has 3 aliphatic heterocycles. The number of nitrogens with zero attached hydrogens (tertiary/aromatic N) is 3. The highest BCUT2D eigenvalue weighted by atomic mass is 32.2. The quantitative estimate of drug-likeness (QED) is 0.755. The maximum atomic E-state index is 12.9. The van der Waals surface area contributed by atoms with Gasteiger partial charge in [-0.3, -0.25) is 14.5 Å². The zero-order valence-corrected chi connectivity index (χ0v) is 15.5. The Labute approximate surface area is 155 Å². The Bertz CT molecular complexity index is 921. The van der Waals surface area contributed by atoms with Crippen molar-refractivity contribution in [2.24, 2.45) is 0 Å². The summed E-state index contributed by atoms with van der Waals surface area (Å²) in [5.74, 6) is -0.922. The number of fused-ring (bicyclic) bond motifs is 3. The number of rotatable bonds is 4. The minimum atomic E-state index is -3.94. The third-order valence-corrected chi connectivity index (χ3v) is 7.43. The topological polar surface area (TPSA) is 78.0 Å². The van der Waals surface area contributed by atoms with E-state index in [4.69, 9.17) is 0 Å². The Hall–Kier alpha value is -2.07. The van der Waals surface area contributed by atoms with Gasteiger partial charge in [-0.15, -0.1) is 0 Å². The fourth-order valence-corrected chi connectivity index (χ4v) is 5.89. The van der Waals surface area contributed by atoms with Crippen LogP contribution in [0.2, 0.25) is 0 Å². The van der Waals surface area contributed by atoms with Gasteiger partial charge in [-0.25, -0.2) is 21.5 Å². The van der Waals surface area contributed by atoms with Gasteiger partial charge in [-0.1, -0.05) is 0 Å². The Kier molecular flexibility index (Phi) is 4.22. The van der Waals surface area contributed by atoms with Crippen molar-refractivity contribution in [2.75, 3.05) is 26.2 Å². The molecule has 2 fully saturated rings. The predicted octanol–water partition coefficient (Wildman–Crippen LogP) is 1.01. The van der Waals surface area contributed by atoms with E-state index < -0.39 is 22.4 Å². The Morgan fingerprint density at radius 1 is 1.26 bits per heavy atom. The molecule has 2 atom stereocenters. The maximum absolute atomic E-state index is 12.9. The van der Waals surface area contributed by atoms with Crippen LogP contribution in [0.3, 0.4) is 0 Å². The van der Waals surface area contributed by atoms with Crippen molar-refractivity contribution in [1.82, 2.24) is 14.1 Å². The molecule has 1 aromatic carbocycles. The zero-order valence-electron chi connectivity index (χ0n) is 14.6. The lowest BCUT2D eigenvalue weighted by Gasteiger charge is -2.34. The summed E-state index contributed by atoms with van der Waals surface area (Å²) >= 11 is 0. The van der Waals surface area contributed by atoms with Gasteiger partial charge >= 0.3 is 0 Å². The van der Waals surface area contributed by atoms with E-state index in [2.05, 4.69) is 0 Å². The summed E-state index contributed by atoms with van der Waals surface area (Å²) in [6.07, 6.45) is -1.77. The van der Waals surface area contributed by atoms with Crippen LogP contribution >= 0.6 is 0 Å². The number of hydrogen-bond donors (Lipinski definition) is 0. The van der Waals surface area contributed by atoms with E-state index in [0.29, 0.717) is 19.5 Å². The summed E-state index contributed by atoms with van der Waals surface area (Å²) in [5.41, 5.74) is 0.260. The smallest absolute Gasteiger partial charge is 0.268 e. The van der Waals surface area contributed by atoms with Crippen LogP contribution < -0.4 is 0 Å². The highest BCUT2D eigenvalue weighted by Gasteiger charge is 2.46. The highest BCUT2D eigenvalue weighted by molar-refractivity contribution is 7.90. The zero-order chi connectivity index (χ0) is 19.5. The van der Waals surface area contributed by atoms with Crippen LogP contribution in [0.4, 0.5) is 8.78 Å². The average Bonchev–Trinajstić information content (AvgIpc) is 3.24. The fraction of sp³-hybridized carbons (Fsp3) is 0.529. The van der Waals surface area contributed by atoms with Gasteiger partial charge in [0, 0.05) is 37.3 Å². The number of likely N-dealkylation sites (tertiary alicyclic amines) is 2. The number of carbonyl (C=O) groups excluding carboxylic acids is 2. The molecule has 7 nitrogen and oxygen atoms in total. The first-order valence-electron chi connectivity index (χ1n) is 8.78. The first-order valence-corrected chi connectivity index (χ1v) is 10.2. The molecule has 2 saturated heterocycles. The molecule has 27 heavy (non-hydrogen) atoms. The number of benzene rings is 1. The fourth-order valence-electron chi connectivity index (χ4n) is 4.29. The first-order chi connectivity index (χ1) is 12.7. The molecule has 0 aliphatic carbocycles. The van der Waals surface area contributed by atoms with Crippen LogP contribution in [0.25, 0.3) is 0 Å². The van der Waals surface area contributed by atoms with Crippen LogP contribution in [0.5, 0.6) is 0 Å². The summed E-state index contributed by atoms with van der Waals surface area (Å²) in [6.45, 7) is 2.04. The Balaban J connectivity index is 1.57. The molecule has 2 amide bonds. The lowest BCUT2D eigenvalue weighted by molar-refractivity contribution is 0.0442. The van der Waals surface area contributed by atoms with E-state index in [1.807, 2.05) is 0 Å². The predicted molar refractivity (Wildman–Crippen MR) is 91.1 cm³/mol. The standard InChI is InChI=1S/C17H19F2N3O4S/c1-2-22-17(24)13-4-3-10(5-14(13)27(22,25)26)16(23)21-8-11-6-12(21)7-20(11)9-15(18)19/h3-5,11-12,15H,2,6-9H2,1H3/t11-,12-/m0/s1. The second kappa shape index (κ2) is 6.23. The van der Waals surface area contributed by atoms with Crippen LogP contribution in [0, 0.1) is 0 Å². The first kappa shape index (κ1) is 18.3. The highest BCUT2D eigenvalue weighted by Crippen LogP contribution is 2.34. The van der Waals surface area contributed by atoms with Crippen molar-refractivity contribution in [3.05, 3.63) is 29.3 Å². The minimum Gasteiger partial charge on any atom is -0.333 e. The molecule has 3 heterocycles. The summed E-state index contributed by atoms with van der Waals surface area (Å²) < 4.78 is 51.0.